The van der Waals surface area contributed by atoms with Gasteiger partial charge < -0.3 is 10.1 Å². The predicted octanol–water partition coefficient (Wildman–Crippen LogP) is 4.58. The maximum absolute atomic E-state index is 12.2. The Bertz CT molecular complexity index is 352. The average molecular weight is 261 g/mol. The van der Waals surface area contributed by atoms with Gasteiger partial charge in [0.2, 0.25) is 0 Å². The zero-order chi connectivity index (χ0) is 13.4. The van der Waals surface area contributed by atoms with Crippen molar-refractivity contribution in [3.8, 4) is 5.75 Å². The Balaban J connectivity index is 2.49. The van der Waals surface area contributed by atoms with Gasteiger partial charge in [0.1, 0.15) is 0 Å². The molecule has 0 aliphatic rings. The second-order valence-corrected chi connectivity index (χ2v) is 4.03. The van der Waals surface area contributed by atoms with Crippen molar-refractivity contribution in [3.63, 3.8) is 0 Å². The Morgan fingerprint density at radius 3 is 2.50 bits per heavy atom. The van der Waals surface area contributed by atoms with E-state index in [2.05, 4.69) is 17.0 Å². The zero-order valence-corrected chi connectivity index (χ0v) is 10.4. The van der Waals surface area contributed by atoms with Crippen LogP contribution in [0.4, 0.5) is 18.9 Å². The highest BCUT2D eigenvalue weighted by Gasteiger charge is 2.31. The molecule has 0 fully saturated rings. The predicted molar refractivity (Wildman–Crippen MR) is 65.8 cm³/mol. The molecule has 0 radical (unpaired) electrons. The Morgan fingerprint density at radius 2 is 1.83 bits per heavy atom. The summed E-state index contributed by atoms with van der Waals surface area (Å²) < 4.78 is 40.4. The fraction of sp³-hybridized carbons (Fsp3) is 0.538. The van der Waals surface area contributed by atoms with E-state index in [4.69, 9.17) is 0 Å². The minimum Gasteiger partial charge on any atom is -0.404 e. The minimum absolute atomic E-state index is 0.180. The molecule has 5 heteroatoms. The molecule has 0 saturated heterocycles. The van der Waals surface area contributed by atoms with E-state index in [0.29, 0.717) is 12.2 Å². The van der Waals surface area contributed by atoms with Gasteiger partial charge in [-0.15, -0.1) is 13.2 Å². The van der Waals surface area contributed by atoms with Crippen LogP contribution in [0.5, 0.6) is 5.75 Å². The SMILES string of the molecule is CCCCCCNc1ccccc1OC(F)(F)F. The van der Waals surface area contributed by atoms with E-state index >= 15 is 0 Å². The van der Waals surface area contributed by atoms with Crippen LogP contribution in [0.15, 0.2) is 24.3 Å². The Hall–Kier alpha value is -1.39. The number of nitrogens with one attached hydrogen (secondary N) is 1. The maximum Gasteiger partial charge on any atom is 0.573 e. The van der Waals surface area contributed by atoms with E-state index < -0.39 is 6.36 Å². The number of rotatable bonds is 7. The van der Waals surface area contributed by atoms with Crippen LogP contribution in [-0.4, -0.2) is 12.9 Å². The topological polar surface area (TPSA) is 21.3 Å². The molecule has 0 aromatic heterocycles. The van der Waals surface area contributed by atoms with Crippen molar-refractivity contribution in [3.05, 3.63) is 24.3 Å². The minimum atomic E-state index is -4.65. The van der Waals surface area contributed by atoms with Gasteiger partial charge in [-0.2, -0.15) is 0 Å². The average Bonchev–Trinajstić information content (AvgIpc) is 2.29. The van der Waals surface area contributed by atoms with E-state index in [-0.39, 0.29) is 5.75 Å². The van der Waals surface area contributed by atoms with E-state index in [9.17, 15) is 13.2 Å². The number of hydrogen-bond acceptors (Lipinski definition) is 2. The van der Waals surface area contributed by atoms with Gasteiger partial charge >= 0.3 is 6.36 Å². The number of anilines is 1. The molecule has 0 saturated carbocycles. The van der Waals surface area contributed by atoms with Gasteiger partial charge in [0, 0.05) is 6.54 Å². The fourth-order valence-corrected chi connectivity index (χ4v) is 1.60. The molecule has 2 nitrogen and oxygen atoms in total. The molecule has 1 aromatic carbocycles. The first-order valence-corrected chi connectivity index (χ1v) is 6.11. The maximum atomic E-state index is 12.2. The van der Waals surface area contributed by atoms with Crippen molar-refractivity contribution in [1.82, 2.24) is 0 Å². The summed E-state index contributed by atoms with van der Waals surface area (Å²) in [5.41, 5.74) is 0.381. The van der Waals surface area contributed by atoms with E-state index in [0.717, 1.165) is 25.7 Å². The number of hydrogen-bond donors (Lipinski definition) is 1. The first-order valence-electron chi connectivity index (χ1n) is 6.11. The second-order valence-electron chi connectivity index (χ2n) is 4.03. The van der Waals surface area contributed by atoms with Crippen LogP contribution in [0.3, 0.4) is 0 Å². The lowest BCUT2D eigenvalue weighted by atomic mass is 10.2. The van der Waals surface area contributed by atoms with Crippen molar-refractivity contribution in [2.75, 3.05) is 11.9 Å². The van der Waals surface area contributed by atoms with Crippen molar-refractivity contribution in [2.45, 2.75) is 39.0 Å². The number of unbranched alkanes of at least 4 members (excludes halogenated alkanes) is 3. The van der Waals surface area contributed by atoms with Crippen LogP contribution in [0, 0.1) is 0 Å². The lowest BCUT2D eigenvalue weighted by Crippen LogP contribution is -2.18. The molecule has 0 heterocycles. The lowest BCUT2D eigenvalue weighted by Gasteiger charge is -2.14. The van der Waals surface area contributed by atoms with Crippen molar-refractivity contribution < 1.29 is 17.9 Å². The molecule has 0 atom stereocenters. The Kier molecular flexibility index (Phi) is 5.82. The van der Waals surface area contributed by atoms with E-state index in [1.165, 1.54) is 12.1 Å². The summed E-state index contributed by atoms with van der Waals surface area (Å²) in [5.74, 6) is -0.180. The van der Waals surface area contributed by atoms with E-state index in [1.807, 2.05) is 0 Å². The Morgan fingerprint density at radius 1 is 1.11 bits per heavy atom. The second kappa shape index (κ2) is 7.13. The van der Waals surface area contributed by atoms with Gasteiger partial charge in [-0.1, -0.05) is 38.3 Å². The third-order valence-corrected chi connectivity index (χ3v) is 2.46. The number of halogens is 3. The molecule has 1 aromatic rings. The molecule has 0 unspecified atom stereocenters. The van der Waals surface area contributed by atoms with Crippen LogP contribution < -0.4 is 10.1 Å². The van der Waals surface area contributed by atoms with Gasteiger partial charge in [-0.3, -0.25) is 0 Å². The molecule has 1 N–H and O–H groups in total. The van der Waals surface area contributed by atoms with Gasteiger partial charge in [0.25, 0.3) is 0 Å². The van der Waals surface area contributed by atoms with Crippen LogP contribution in [0.1, 0.15) is 32.6 Å². The van der Waals surface area contributed by atoms with Gasteiger partial charge in [0.15, 0.2) is 5.75 Å². The highest BCUT2D eigenvalue weighted by Crippen LogP contribution is 2.29. The molecule has 18 heavy (non-hydrogen) atoms. The molecule has 0 amide bonds. The van der Waals surface area contributed by atoms with Crippen molar-refractivity contribution in [1.29, 1.82) is 0 Å². The summed E-state index contributed by atoms with van der Waals surface area (Å²) in [6.07, 6.45) is -0.365. The molecule has 102 valence electrons. The quantitative estimate of drug-likeness (QED) is 0.725. The van der Waals surface area contributed by atoms with Crippen LogP contribution >= 0.6 is 0 Å². The molecule has 1 rings (SSSR count). The summed E-state index contributed by atoms with van der Waals surface area (Å²) in [7, 11) is 0. The third kappa shape index (κ3) is 5.80. The highest BCUT2D eigenvalue weighted by atomic mass is 19.4. The van der Waals surface area contributed by atoms with Gasteiger partial charge in [-0.25, -0.2) is 0 Å². The van der Waals surface area contributed by atoms with Crippen LogP contribution in [-0.2, 0) is 0 Å². The number of benzene rings is 1. The van der Waals surface area contributed by atoms with Gasteiger partial charge in [0.05, 0.1) is 5.69 Å². The molecular formula is C13H18F3NO. The summed E-state index contributed by atoms with van der Waals surface area (Å²) in [6, 6.07) is 6.09. The van der Waals surface area contributed by atoms with Crippen LogP contribution in [0.2, 0.25) is 0 Å². The molecule has 0 spiro atoms. The molecule has 0 aliphatic carbocycles. The summed E-state index contributed by atoms with van der Waals surface area (Å²) in [5, 5.41) is 2.97. The first kappa shape index (κ1) is 14.7. The van der Waals surface area contributed by atoms with E-state index in [1.54, 1.807) is 12.1 Å². The summed E-state index contributed by atoms with van der Waals surface area (Å²) in [6.45, 7) is 2.76. The normalized spacial score (nSPS) is 11.3. The third-order valence-electron chi connectivity index (χ3n) is 2.46. The molecule has 0 bridgehead atoms. The standard InChI is InChI=1S/C13H18F3NO/c1-2-3-4-7-10-17-11-8-5-6-9-12(11)18-13(14,15)16/h5-6,8-9,17H,2-4,7,10H2,1H3. The zero-order valence-electron chi connectivity index (χ0n) is 10.4. The number of ether oxygens (including phenoxy) is 1. The lowest BCUT2D eigenvalue weighted by molar-refractivity contribution is -0.274. The largest absolute Gasteiger partial charge is 0.573 e. The fourth-order valence-electron chi connectivity index (χ4n) is 1.60. The summed E-state index contributed by atoms with van der Waals surface area (Å²) >= 11 is 0. The molecule has 0 aliphatic heterocycles. The van der Waals surface area contributed by atoms with Crippen molar-refractivity contribution in [2.24, 2.45) is 0 Å². The number of alkyl halides is 3. The first-order chi connectivity index (χ1) is 8.53. The Labute approximate surface area is 105 Å². The summed E-state index contributed by atoms with van der Waals surface area (Å²) in [4.78, 5) is 0. The van der Waals surface area contributed by atoms with Crippen LogP contribution in [0.25, 0.3) is 0 Å². The molecular weight excluding hydrogens is 243 g/mol. The van der Waals surface area contributed by atoms with Crippen molar-refractivity contribution >= 4 is 5.69 Å². The smallest absolute Gasteiger partial charge is 0.404 e. The van der Waals surface area contributed by atoms with Gasteiger partial charge in [-0.05, 0) is 18.6 Å². The monoisotopic (exact) mass is 261 g/mol. The number of para-hydroxylation sites is 2. The highest BCUT2D eigenvalue weighted by molar-refractivity contribution is 5.56.